The first-order valence-corrected chi connectivity index (χ1v) is 5.99. The lowest BCUT2D eigenvalue weighted by molar-refractivity contribution is 0.166. The molecule has 0 N–H and O–H groups in total. The Hall–Kier alpha value is -0.470. The van der Waals surface area contributed by atoms with Crippen molar-refractivity contribution in [3.8, 4) is 0 Å². The molecular formula is C13H21NS. The molecule has 0 aliphatic heterocycles. The Morgan fingerprint density at radius 3 is 2.20 bits per heavy atom. The Kier molecular flexibility index (Phi) is 4.68. The molecule has 1 nitrogen and oxygen atoms in total. The molecule has 0 radical (unpaired) electrons. The van der Waals surface area contributed by atoms with Crippen LogP contribution in [-0.4, -0.2) is 17.0 Å². The summed E-state index contributed by atoms with van der Waals surface area (Å²) < 4.78 is 0. The first kappa shape index (κ1) is 12.6. The summed E-state index contributed by atoms with van der Waals surface area (Å²) in [6.07, 6.45) is 0. The van der Waals surface area contributed by atoms with Crippen molar-refractivity contribution in [2.24, 2.45) is 0 Å². The van der Waals surface area contributed by atoms with Gasteiger partial charge in [-0.15, -0.1) is 12.6 Å². The van der Waals surface area contributed by atoms with Gasteiger partial charge in [-0.2, -0.15) is 0 Å². The van der Waals surface area contributed by atoms with E-state index < -0.39 is 0 Å². The Labute approximate surface area is 98.9 Å². The Morgan fingerprint density at radius 1 is 1.13 bits per heavy atom. The highest BCUT2D eigenvalue weighted by atomic mass is 32.1. The summed E-state index contributed by atoms with van der Waals surface area (Å²) >= 11 is 4.36. The number of hydrogen-bond acceptors (Lipinski definition) is 2. The highest BCUT2D eigenvalue weighted by Crippen LogP contribution is 2.14. The normalized spacial score (nSPS) is 11.7. The molecule has 0 bridgehead atoms. The zero-order valence-corrected chi connectivity index (χ0v) is 11.0. The predicted octanol–water partition coefficient (Wildman–Crippen LogP) is 3.59. The molecule has 0 unspecified atom stereocenters. The minimum atomic E-state index is 0.577. The van der Waals surface area contributed by atoms with Gasteiger partial charge in [-0.05, 0) is 45.4 Å². The van der Waals surface area contributed by atoms with Gasteiger partial charge in [0.1, 0.15) is 0 Å². The van der Waals surface area contributed by atoms with Crippen molar-refractivity contribution in [3.63, 3.8) is 0 Å². The molecule has 15 heavy (non-hydrogen) atoms. The van der Waals surface area contributed by atoms with Crippen molar-refractivity contribution in [3.05, 3.63) is 29.8 Å². The van der Waals surface area contributed by atoms with E-state index in [-0.39, 0.29) is 0 Å². The van der Waals surface area contributed by atoms with Gasteiger partial charge < -0.3 is 0 Å². The van der Waals surface area contributed by atoms with Crippen molar-refractivity contribution in [1.29, 1.82) is 0 Å². The van der Waals surface area contributed by atoms with Crippen LogP contribution in [0.2, 0.25) is 0 Å². The second kappa shape index (κ2) is 5.57. The molecule has 0 aliphatic rings. The number of nitrogens with zero attached hydrogens (tertiary/aromatic N) is 1. The van der Waals surface area contributed by atoms with Crippen molar-refractivity contribution >= 4 is 12.6 Å². The van der Waals surface area contributed by atoms with Gasteiger partial charge in [-0.25, -0.2) is 0 Å². The fourth-order valence-corrected chi connectivity index (χ4v) is 2.08. The lowest BCUT2D eigenvalue weighted by atomic mass is 10.1. The van der Waals surface area contributed by atoms with Gasteiger partial charge in [0.15, 0.2) is 0 Å². The molecule has 84 valence electrons. The van der Waals surface area contributed by atoms with Gasteiger partial charge in [0.25, 0.3) is 0 Å². The SMILES string of the molecule is CC(C)N(Cc1cccc(S)c1)C(C)C. The lowest BCUT2D eigenvalue weighted by Gasteiger charge is -2.30. The van der Waals surface area contributed by atoms with E-state index in [9.17, 15) is 0 Å². The van der Waals surface area contributed by atoms with Crippen LogP contribution in [0, 0.1) is 0 Å². The van der Waals surface area contributed by atoms with Gasteiger partial charge in [0.2, 0.25) is 0 Å². The number of thiol groups is 1. The average molecular weight is 223 g/mol. The number of hydrogen-bond donors (Lipinski definition) is 1. The zero-order valence-electron chi connectivity index (χ0n) is 10.1. The Balaban J connectivity index is 2.74. The second-order valence-electron chi connectivity index (χ2n) is 4.53. The summed E-state index contributed by atoms with van der Waals surface area (Å²) in [5, 5.41) is 0. The lowest BCUT2D eigenvalue weighted by Crippen LogP contribution is -2.36. The molecule has 1 aromatic rings. The summed E-state index contributed by atoms with van der Waals surface area (Å²) in [5.74, 6) is 0. The molecule has 0 amide bonds. The van der Waals surface area contributed by atoms with Crippen LogP contribution < -0.4 is 0 Å². The summed E-state index contributed by atoms with van der Waals surface area (Å²) in [6, 6.07) is 9.54. The van der Waals surface area contributed by atoms with E-state index in [0.29, 0.717) is 12.1 Å². The summed E-state index contributed by atoms with van der Waals surface area (Å²) in [4.78, 5) is 3.52. The third-order valence-corrected chi connectivity index (χ3v) is 2.88. The Bertz CT molecular complexity index is 299. The fourth-order valence-electron chi connectivity index (χ4n) is 1.83. The van der Waals surface area contributed by atoms with Gasteiger partial charge in [0.05, 0.1) is 0 Å². The predicted molar refractivity (Wildman–Crippen MR) is 69.5 cm³/mol. The highest BCUT2D eigenvalue weighted by Gasteiger charge is 2.13. The van der Waals surface area contributed by atoms with Crippen LogP contribution in [0.1, 0.15) is 33.3 Å². The molecule has 0 saturated carbocycles. The summed E-state index contributed by atoms with van der Waals surface area (Å²) in [7, 11) is 0. The second-order valence-corrected chi connectivity index (χ2v) is 5.05. The Morgan fingerprint density at radius 2 is 1.73 bits per heavy atom. The maximum atomic E-state index is 4.36. The van der Waals surface area contributed by atoms with Gasteiger partial charge in [-0.3, -0.25) is 4.90 Å². The van der Waals surface area contributed by atoms with Gasteiger partial charge in [0, 0.05) is 23.5 Å². The van der Waals surface area contributed by atoms with E-state index in [1.807, 2.05) is 6.07 Å². The van der Waals surface area contributed by atoms with Gasteiger partial charge in [-0.1, -0.05) is 12.1 Å². The van der Waals surface area contributed by atoms with E-state index in [0.717, 1.165) is 11.4 Å². The molecule has 1 rings (SSSR count). The largest absolute Gasteiger partial charge is 0.294 e. The zero-order chi connectivity index (χ0) is 11.4. The van der Waals surface area contributed by atoms with Crippen LogP contribution >= 0.6 is 12.6 Å². The maximum Gasteiger partial charge on any atom is 0.0239 e. The molecule has 0 saturated heterocycles. The summed E-state index contributed by atoms with van der Waals surface area (Å²) in [5.41, 5.74) is 1.34. The molecule has 0 fully saturated rings. The number of rotatable bonds is 4. The quantitative estimate of drug-likeness (QED) is 0.763. The van der Waals surface area contributed by atoms with Crippen molar-refractivity contribution in [2.75, 3.05) is 0 Å². The average Bonchev–Trinajstić information content (AvgIpc) is 2.13. The summed E-state index contributed by atoms with van der Waals surface area (Å²) in [6.45, 7) is 9.97. The van der Waals surface area contributed by atoms with E-state index in [1.54, 1.807) is 0 Å². The van der Waals surface area contributed by atoms with Crippen LogP contribution in [0.3, 0.4) is 0 Å². The first-order valence-electron chi connectivity index (χ1n) is 5.54. The molecular weight excluding hydrogens is 202 g/mol. The van der Waals surface area contributed by atoms with E-state index in [4.69, 9.17) is 0 Å². The molecule has 0 heterocycles. The van der Waals surface area contributed by atoms with Crippen LogP contribution in [0.15, 0.2) is 29.2 Å². The van der Waals surface area contributed by atoms with Crippen molar-refractivity contribution < 1.29 is 0 Å². The number of benzene rings is 1. The topological polar surface area (TPSA) is 3.24 Å². The smallest absolute Gasteiger partial charge is 0.0239 e. The van der Waals surface area contributed by atoms with Crippen molar-refractivity contribution in [1.82, 2.24) is 4.90 Å². The molecule has 0 aromatic heterocycles. The van der Waals surface area contributed by atoms with Crippen LogP contribution in [0.25, 0.3) is 0 Å². The molecule has 1 aromatic carbocycles. The molecule has 0 atom stereocenters. The minimum absolute atomic E-state index is 0.577. The third kappa shape index (κ3) is 3.88. The molecule has 0 aliphatic carbocycles. The van der Waals surface area contributed by atoms with Crippen molar-refractivity contribution in [2.45, 2.75) is 51.2 Å². The standard InChI is InChI=1S/C13H21NS/c1-10(2)14(11(3)4)9-12-6-5-7-13(15)8-12/h5-8,10-11,15H,9H2,1-4H3. The van der Waals surface area contributed by atoms with Crippen LogP contribution in [-0.2, 0) is 6.54 Å². The van der Waals surface area contributed by atoms with E-state index in [1.165, 1.54) is 5.56 Å². The molecule has 0 spiro atoms. The van der Waals surface area contributed by atoms with E-state index in [2.05, 4.69) is 63.4 Å². The first-order chi connectivity index (χ1) is 7.00. The highest BCUT2D eigenvalue weighted by molar-refractivity contribution is 7.80. The maximum absolute atomic E-state index is 4.36. The molecule has 2 heteroatoms. The fraction of sp³-hybridized carbons (Fsp3) is 0.538. The van der Waals surface area contributed by atoms with E-state index >= 15 is 0 Å². The van der Waals surface area contributed by atoms with Crippen LogP contribution in [0.4, 0.5) is 0 Å². The monoisotopic (exact) mass is 223 g/mol. The third-order valence-electron chi connectivity index (χ3n) is 2.60. The minimum Gasteiger partial charge on any atom is -0.294 e. The van der Waals surface area contributed by atoms with Gasteiger partial charge >= 0.3 is 0 Å². The van der Waals surface area contributed by atoms with Crippen LogP contribution in [0.5, 0.6) is 0 Å².